The number of carbonyl (C=O) groups is 1. The Bertz CT molecular complexity index is 698. The lowest BCUT2D eigenvalue weighted by atomic mass is 9.78. The van der Waals surface area contributed by atoms with E-state index in [4.69, 9.17) is 9.47 Å². The summed E-state index contributed by atoms with van der Waals surface area (Å²) in [5, 5.41) is 9.99. The Hall–Kier alpha value is -2.02. The number of carbonyl (C=O) groups excluding carboxylic acids is 1. The minimum atomic E-state index is -0.490. The van der Waals surface area contributed by atoms with Crippen molar-refractivity contribution in [3.63, 3.8) is 0 Å². The Balaban J connectivity index is 1.63. The molecule has 4 rings (SSSR count). The van der Waals surface area contributed by atoms with E-state index in [1.54, 1.807) is 7.11 Å². The van der Waals surface area contributed by atoms with Crippen LogP contribution in [-0.2, 0) is 10.2 Å². The standard InChI is InChI=1S/C21H25NO3/c1-24-19-7-6-16(10-20(19)25-18-4-2-3-5-18)21(13-22)11-14-8-17(23)9-15(14)12-21/h6-7,10,14-15,18H,2-5,8-9,11-12H2,1H3/t14-,15+,21?. The Labute approximate surface area is 149 Å². The van der Waals surface area contributed by atoms with Crippen LogP contribution in [0.15, 0.2) is 18.2 Å². The largest absolute Gasteiger partial charge is 0.493 e. The zero-order valence-corrected chi connectivity index (χ0v) is 14.8. The molecule has 3 atom stereocenters. The first kappa shape index (κ1) is 16.4. The number of benzene rings is 1. The summed E-state index contributed by atoms with van der Waals surface area (Å²) < 4.78 is 11.7. The zero-order valence-electron chi connectivity index (χ0n) is 14.8. The topological polar surface area (TPSA) is 59.3 Å². The van der Waals surface area contributed by atoms with Gasteiger partial charge in [0, 0.05) is 12.8 Å². The molecule has 3 aliphatic carbocycles. The molecule has 3 aliphatic rings. The third-order valence-electron chi connectivity index (χ3n) is 6.39. The molecule has 0 bridgehead atoms. The molecule has 4 nitrogen and oxygen atoms in total. The van der Waals surface area contributed by atoms with Gasteiger partial charge >= 0.3 is 0 Å². The number of nitriles is 1. The van der Waals surface area contributed by atoms with Gasteiger partial charge in [-0.1, -0.05) is 6.07 Å². The van der Waals surface area contributed by atoms with E-state index < -0.39 is 5.41 Å². The van der Waals surface area contributed by atoms with Crippen LogP contribution in [0, 0.1) is 23.2 Å². The van der Waals surface area contributed by atoms with Crippen molar-refractivity contribution in [1.29, 1.82) is 5.26 Å². The van der Waals surface area contributed by atoms with E-state index in [0.717, 1.165) is 42.7 Å². The zero-order chi connectivity index (χ0) is 17.4. The molecule has 0 radical (unpaired) electrons. The second-order valence-corrected chi connectivity index (χ2v) is 7.96. The van der Waals surface area contributed by atoms with Crippen LogP contribution in [-0.4, -0.2) is 19.0 Å². The summed E-state index contributed by atoms with van der Waals surface area (Å²) in [5.41, 5.74) is 0.529. The third-order valence-corrected chi connectivity index (χ3v) is 6.39. The minimum absolute atomic E-state index is 0.253. The van der Waals surface area contributed by atoms with Gasteiger partial charge in [-0.05, 0) is 68.1 Å². The molecule has 0 aliphatic heterocycles. The van der Waals surface area contributed by atoms with Crippen LogP contribution in [0.2, 0.25) is 0 Å². The van der Waals surface area contributed by atoms with Crippen LogP contribution in [0.5, 0.6) is 11.5 Å². The molecular formula is C21H25NO3. The molecule has 1 aromatic rings. The lowest BCUT2D eigenvalue weighted by molar-refractivity contribution is -0.117. The molecule has 0 amide bonds. The lowest BCUT2D eigenvalue weighted by Crippen LogP contribution is -2.22. The van der Waals surface area contributed by atoms with Gasteiger partial charge in [0.25, 0.3) is 0 Å². The van der Waals surface area contributed by atoms with Crippen LogP contribution in [0.4, 0.5) is 0 Å². The van der Waals surface area contributed by atoms with Gasteiger partial charge in [0.05, 0.1) is 24.7 Å². The number of fused-ring (bicyclic) bond motifs is 1. The van der Waals surface area contributed by atoms with Crippen LogP contribution >= 0.6 is 0 Å². The van der Waals surface area contributed by atoms with Gasteiger partial charge in [0.1, 0.15) is 5.78 Å². The van der Waals surface area contributed by atoms with Crippen molar-refractivity contribution in [3.05, 3.63) is 23.8 Å². The smallest absolute Gasteiger partial charge is 0.161 e. The number of nitrogens with zero attached hydrogens (tertiary/aromatic N) is 1. The van der Waals surface area contributed by atoms with Crippen molar-refractivity contribution in [3.8, 4) is 17.6 Å². The van der Waals surface area contributed by atoms with Crippen molar-refractivity contribution in [2.24, 2.45) is 11.8 Å². The summed E-state index contributed by atoms with van der Waals surface area (Å²) in [6.07, 6.45) is 7.72. The molecule has 3 saturated carbocycles. The average molecular weight is 339 g/mol. The van der Waals surface area contributed by atoms with E-state index in [-0.39, 0.29) is 6.10 Å². The van der Waals surface area contributed by atoms with E-state index in [1.165, 1.54) is 12.8 Å². The Morgan fingerprint density at radius 1 is 1.12 bits per heavy atom. The second-order valence-electron chi connectivity index (χ2n) is 7.96. The van der Waals surface area contributed by atoms with E-state index >= 15 is 0 Å². The van der Waals surface area contributed by atoms with E-state index in [2.05, 4.69) is 6.07 Å². The van der Waals surface area contributed by atoms with E-state index in [9.17, 15) is 10.1 Å². The molecule has 0 N–H and O–H groups in total. The second kappa shape index (κ2) is 6.37. The highest BCUT2D eigenvalue weighted by atomic mass is 16.5. The molecule has 25 heavy (non-hydrogen) atoms. The summed E-state index contributed by atoms with van der Waals surface area (Å²) in [7, 11) is 1.65. The van der Waals surface area contributed by atoms with E-state index in [1.807, 2.05) is 18.2 Å². The van der Waals surface area contributed by atoms with Crippen molar-refractivity contribution in [2.45, 2.75) is 62.9 Å². The fourth-order valence-electron chi connectivity index (χ4n) is 5.10. The molecule has 0 spiro atoms. The molecule has 3 fully saturated rings. The molecule has 0 heterocycles. The van der Waals surface area contributed by atoms with Gasteiger partial charge in [-0.3, -0.25) is 4.79 Å². The van der Waals surface area contributed by atoms with Crippen LogP contribution < -0.4 is 9.47 Å². The Morgan fingerprint density at radius 2 is 1.80 bits per heavy atom. The maximum Gasteiger partial charge on any atom is 0.161 e. The molecule has 1 aromatic carbocycles. The number of ether oxygens (including phenoxy) is 2. The molecule has 1 unspecified atom stereocenters. The van der Waals surface area contributed by atoms with Gasteiger partial charge in [-0.2, -0.15) is 5.26 Å². The van der Waals surface area contributed by atoms with E-state index in [0.29, 0.717) is 30.5 Å². The van der Waals surface area contributed by atoms with Gasteiger partial charge < -0.3 is 9.47 Å². The van der Waals surface area contributed by atoms with Gasteiger partial charge in [0.2, 0.25) is 0 Å². The SMILES string of the molecule is COc1ccc(C2(C#N)C[C@H]3CC(=O)C[C@H]3C2)cc1OC1CCCC1. The molecule has 0 saturated heterocycles. The summed E-state index contributed by atoms with van der Waals surface area (Å²) in [5.74, 6) is 2.59. The minimum Gasteiger partial charge on any atom is -0.493 e. The maximum absolute atomic E-state index is 11.7. The number of hydrogen-bond acceptors (Lipinski definition) is 4. The number of rotatable bonds is 4. The number of Topliss-reactive ketones (excluding diaryl/α,β-unsaturated/α-hetero) is 1. The fourth-order valence-corrected chi connectivity index (χ4v) is 5.10. The highest BCUT2D eigenvalue weighted by molar-refractivity contribution is 5.81. The predicted octanol–water partition coefficient (Wildman–Crippen LogP) is 4.17. The first-order valence-corrected chi connectivity index (χ1v) is 9.42. The Kier molecular flexibility index (Phi) is 4.19. The molecule has 4 heteroatoms. The maximum atomic E-state index is 11.7. The fraction of sp³-hybridized carbons (Fsp3) is 0.619. The van der Waals surface area contributed by atoms with Gasteiger partial charge in [-0.15, -0.1) is 0 Å². The molecule has 0 aromatic heterocycles. The molecular weight excluding hydrogens is 314 g/mol. The van der Waals surface area contributed by atoms with Crippen molar-refractivity contribution >= 4 is 5.78 Å². The number of hydrogen-bond donors (Lipinski definition) is 0. The highest BCUT2D eigenvalue weighted by Crippen LogP contribution is 2.53. The normalized spacial score (nSPS) is 31.8. The third kappa shape index (κ3) is 2.90. The Morgan fingerprint density at radius 3 is 2.40 bits per heavy atom. The lowest BCUT2D eigenvalue weighted by Gasteiger charge is -2.24. The summed E-state index contributed by atoms with van der Waals surface area (Å²) >= 11 is 0. The molecule has 132 valence electrons. The van der Waals surface area contributed by atoms with Crippen molar-refractivity contribution in [1.82, 2.24) is 0 Å². The number of methoxy groups -OCH3 is 1. The van der Waals surface area contributed by atoms with Crippen molar-refractivity contribution < 1.29 is 14.3 Å². The first-order chi connectivity index (χ1) is 12.1. The summed E-state index contributed by atoms with van der Waals surface area (Å²) in [4.78, 5) is 11.7. The average Bonchev–Trinajstić information content (AvgIpc) is 3.30. The quantitative estimate of drug-likeness (QED) is 0.826. The first-order valence-electron chi connectivity index (χ1n) is 9.42. The number of ketones is 1. The summed E-state index contributed by atoms with van der Waals surface area (Å²) in [6, 6.07) is 8.54. The van der Waals surface area contributed by atoms with Crippen molar-refractivity contribution in [2.75, 3.05) is 7.11 Å². The van der Waals surface area contributed by atoms with Crippen LogP contribution in [0.3, 0.4) is 0 Å². The van der Waals surface area contributed by atoms with Crippen LogP contribution in [0.1, 0.15) is 56.9 Å². The summed E-state index contributed by atoms with van der Waals surface area (Å²) in [6.45, 7) is 0. The van der Waals surface area contributed by atoms with Gasteiger partial charge in [-0.25, -0.2) is 0 Å². The monoisotopic (exact) mass is 339 g/mol. The van der Waals surface area contributed by atoms with Crippen LogP contribution in [0.25, 0.3) is 0 Å². The van der Waals surface area contributed by atoms with Gasteiger partial charge in [0.15, 0.2) is 11.5 Å². The predicted molar refractivity (Wildman–Crippen MR) is 93.6 cm³/mol. The highest BCUT2D eigenvalue weighted by Gasteiger charge is 2.50.